The number of amides is 1. The Morgan fingerprint density at radius 2 is 2.27 bits per heavy atom. The molecule has 0 bridgehead atoms. The van der Waals surface area contributed by atoms with Crippen molar-refractivity contribution in [2.45, 2.75) is 0 Å². The Labute approximate surface area is 129 Å². The fourth-order valence-electron chi connectivity index (χ4n) is 1.70. The fraction of sp³-hybridized carbons (Fsp3) is 0.143. The van der Waals surface area contributed by atoms with Crippen molar-refractivity contribution < 1.29 is 19.4 Å². The van der Waals surface area contributed by atoms with Crippen molar-refractivity contribution in [3.8, 4) is 23.1 Å². The van der Waals surface area contributed by atoms with E-state index in [9.17, 15) is 9.59 Å². The second kappa shape index (κ2) is 6.69. The number of hydrogen-bond donors (Lipinski definition) is 2. The van der Waals surface area contributed by atoms with E-state index in [-0.39, 0.29) is 5.01 Å². The molecule has 22 heavy (non-hydrogen) atoms. The van der Waals surface area contributed by atoms with Crippen LogP contribution < -0.4 is 10.1 Å². The van der Waals surface area contributed by atoms with Crippen LogP contribution in [0.5, 0.6) is 5.75 Å². The molecule has 0 spiro atoms. The van der Waals surface area contributed by atoms with E-state index in [1.54, 1.807) is 23.6 Å². The maximum atomic E-state index is 11.7. The van der Waals surface area contributed by atoms with Crippen molar-refractivity contribution in [1.82, 2.24) is 10.3 Å². The molecule has 0 fully saturated rings. The van der Waals surface area contributed by atoms with E-state index < -0.39 is 18.4 Å². The van der Waals surface area contributed by atoms with Crippen molar-refractivity contribution >= 4 is 23.2 Å². The molecular weight excluding hydrogens is 306 g/mol. The normalized spacial score (nSPS) is 9.82. The van der Waals surface area contributed by atoms with E-state index in [2.05, 4.69) is 10.3 Å². The number of aromatic nitrogens is 1. The summed E-state index contributed by atoms with van der Waals surface area (Å²) in [6, 6.07) is 7.02. The lowest BCUT2D eigenvalue weighted by atomic mass is 10.1. The zero-order chi connectivity index (χ0) is 16.1. The average Bonchev–Trinajstić information content (AvgIpc) is 3.01. The number of ether oxygens (including phenoxy) is 1. The van der Waals surface area contributed by atoms with Gasteiger partial charge in [0.1, 0.15) is 18.4 Å². The third-order valence-corrected chi connectivity index (χ3v) is 3.56. The Balaban J connectivity index is 2.23. The highest BCUT2D eigenvalue weighted by atomic mass is 32.1. The summed E-state index contributed by atoms with van der Waals surface area (Å²) in [4.78, 5) is 26.3. The second-order valence-corrected chi connectivity index (χ2v) is 5.00. The number of methoxy groups -OCH3 is 1. The van der Waals surface area contributed by atoms with Crippen LogP contribution in [0.15, 0.2) is 23.6 Å². The van der Waals surface area contributed by atoms with Crippen LogP contribution in [0, 0.1) is 11.3 Å². The summed E-state index contributed by atoms with van der Waals surface area (Å²) >= 11 is 1.10. The summed E-state index contributed by atoms with van der Waals surface area (Å²) in [5.74, 6) is -1.22. The van der Waals surface area contributed by atoms with Gasteiger partial charge in [0.05, 0.1) is 18.4 Å². The summed E-state index contributed by atoms with van der Waals surface area (Å²) in [5.41, 5.74) is 1.57. The first-order valence-corrected chi connectivity index (χ1v) is 6.97. The van der Waals surface area contributed by atoms with Crippen molar-refractivity contribution in [1.29, 1.82) is 5.26 Å². The molecule has 0 saturated carbocycles. The number of nitriles is 1. The Bertz CT molecular complexity index is 764. The molecule has 0 aliphatic rings. The molecule has 0 aliphatic heterocycles. The molecular formula is C14H11N3O4S. The summed E-state index contributed by atoms with van der Waals surface area (Å²) in [6.07, 6.45) is 0. The average molecular weight is 317 g/mol. The van der Waals surface area contributed by atoms with Crippen LogP contribution in [0.1, 0.15) is 15.4 Å². The third kappa shape index (κ3) is 3.39. The van der Waals surface area contributed by atoms with E-state index in [0.29, 0.717) is 22.6 Å². The Morgan fingerprint density at radius 1 is 1.50 bits per heavy atom. The molecule has 1 aromatic heterocycles. The topological polar surface area (TPSA) is 112 Å². The SMILES string of the molecule is COc1ccc(-c2csc(C(=O)NCC(=O)O)n2)cc1C#N. The minimum atomic E-state index is -1.13. The molecule has 0 aliphatic carbocycles. The Kier molecular flexibility index (Phi) is 4.70. The number of benzene rings is 1. The minimum absolute atomic E-state index is 0.158. The van der Waals surface area contributed by atoms with Gasteiger partial charge in [-0.15, -0.1) is 11.3 Å². The number of thiazole rings is 1. The highest BCUT2D eigenvalue weighted by Crippen LogP contribution is 2.27. The van der Waals surface area contributed by atoms with Crippen molar-refractivity contribution in [3.63, 3.8) is 0 Å². The second-order valence-electron chi connectivity index (χ2n) is 4.14. The number of carboxylic acid groups (broad SMARTS) is 1. The Hall–Kier alpha value is -2.92. The molecule has 1 heterocycles. The molecule has 0 unspecified atom stereocenters. The van der Waals surface area contributed by atoms with Gasteiger partial charge in [0.2, 0.25) is 0 Å². The molecule has 112 valence electrons. The predicted octanol–water partition coefficient (Wildman–Crippen LogP) is 1.50. The van der Waals surface area contributed by atoms with Crippen LogP contribution in [-0.2, 0) is 4.79 Å². The van der Waals surface area contributed by atoms with Gasteiger partial charge < -0.3 is 15.2 Å². The van der Waals surface area contributed by atoms with Gasteiger partial charge in [0, 0.05) is 10.9 Å². The summed E-state index contributed by atoms with van der Waals surface area (Å²) < 4.78 is 5.06. The van der Waals surface area contributed by atoms with E-state index in [0.717, 1.165) is 11.3 Å². The lowest BCUT2D eigenvalue weighted by Gasteiger charge is -2.04. The lowest BCUT2D eigenvalue weighted by Crippen LogP contribution is -2.29. The summed E-state index contributed by atoms with van der Waals surface area (Å²) in [5, 5.41) is 21.7. The van der Waals surface area contributed by atoms with Crippen LogP contribution >= 0.6 is 11.3 Å². The number of nitrogens with one attached hydrogen (secondary N) is 1. The maximum absolute atomic E-state index is 11.7. The fourth-order valence-corrected chi connectivity index (χ4v) is 2.44. The van der Waals surface area contributed by atoms with Gasteiger partial charge >= 0.3 is 5.97 Å². The molecule has 2 rings (SSSR count). The molecule has 1 aromatic carbocycles. The van der Waals surface area contributed by atoms with Gasteiger partial charge in [-0.2, -0.15) is 5.26 Å². The first-order chi connectivity index (χ1) is 10.5. The monoisotopic (exact) mass is 317 g/mol. The molecule has 8 heteroatoms. The van der Waals surface area contributed by atoms with E-state index >= 15 is 0 Å². The molecule has 1 amide bonds. The van der Waals surface area contributed by atoms with Crippen molar-refractivity contribution in [3.05, 3.63) is 34.2 Å². The van der Waals surface area contributed by atoms with Crippen LogP contribution in [0.25, 0.3) is 11.3 Å². The van der Waals surface area contributed by atoms with Crippen molar-refractivity contribution in [2.24, 2.45) is 0 Å². The first-order valence-electron chi connectivity index (χ1n) is 6.09. The van der Waals surface area contributed by atoms with Crippen LogP contribution in [0.3, 0.4) is 0 Å². The van der Waals surface area contributed by atoms with Gasteiger partial charge in [-0.1, -0.05) is 0 Å². The highest BCUT2D eigenvalue weighted by Gasteiger charge is 2.14. The van der Waals surface area contributed by atoms with Crippen LogP contribution in [0.2, 0.25) is 0 Å². The standard InChI is InChI=1S/C14H11N3O4S/c1-21-11-3-2-8(4-9(11)5-15)10-7-22-14(17-10)13(20)16-6-12(18)19/h2-4,7H,6H2,1H3,(H,16,20)(H,18,19). The zero-order valence-corrected chi connectivity index (χ0v) is 12.3. The number of hydrogen-bond acceptors (Lipinski definition) is 6. The zero-order valence-electron chi connectivity index (χ0n) is 11.5. The number of carboxylic acids is 1. The van der Waals surface area contributed by atoms with Gasteiger partial charge in [-0.25, -0.2) is 4.98 Å². The lowest BCUT2D eigenvalue weighted by molar-refractivity contribution is -0.135. The quantitative estimate of drug-likeness (QED) is 0.864. The third-order valence-electron chi connectivity index (χ3n) is 2.71. The van der Waals surface area contributed by atoms with Crippen molar-refractivity contribution in [2.75, 3.05) is 13.7 Å². The van der Waals surface area contributed by atoms with E-state index in [4.69, 9.17) is 15.1 Å². The molecule has 0 radical (unpaired) electrons. The number of carbonyl (C=O) groups excluding carboxylic acids is 1. The maximum Gasteiger partial charge on any atom is 0.322 e. The first kappa shape index (κ1) is 15.5. The smallest absolute Gasteiger partial charge is 0.322 e. The molecule has 0 saturated heterocycles. The number of carbonyl (C=O) groups is 2. The highest BCUT2D eigenvalue weighted by molar-refractivity contribution is 7.12. The predicted molar refractivity (Wildman–Crippen MR) is 78.8 cm³/mol. The van der Waals surface area contributed by atoms with Gasteiger partial charge in [0.15, 0.2) is 5.01 Å². The minimum Gasteiger partial charge on any atom is -0.495 e. The van der Waals surface area contributed by atoms with E-state index in [1.165, 1.54) is 7.11 Å². The van der Waals surface area contributed by atoms with Crippen LogP contribution in [0.4, 0.5) is 0 Å². The summed E-state index contributed by atoms with van der Waals surface area (Å²) in [7, 11) is 1.48. The molecule has 2 aromatic rings. The largest absolute Gasteiger partial charge is 0.495 e. The molecule has 0 atom stereocenters. The summed E-state index contributed by atoms with van der Waals surface area (Å²) in [6.45, 7) is -0.463. The number of nitrogens with zero attached hydrogens (tertiary/aromatic N) is 2. The Morgan fingerprint density at radius 3 is 2.91 bits per heavy atom. The number of rotatable bonds is 5. The van der Waals surface area contributed by atoms with Crippen LogP contribution in [-0.4, -0.2) is 35.6 Å². The van der Waals surface area contributed by atoms with Gasteiger partial charge in [0.25, 0.3) is 5.91 Å². The van der Waals surface area contributed by atoms with Gasteiger partial charge in [-0.3, -0.25) is 9.59 Å². The molecule has 7 nitrogen and oxygen atoms in total. The number of aliphatic carboxylic acids is 1. The van der Waals surface area contributed by atoms with E-state index in [1.807, 2.05) is 6.07 Å². The molecule has 2 N–H and O–H groups in total. The van der Waals surface area contributed by atoms with Gasteiger partial charge in [-0.05, 0) is 18.2 Å².